The lowest BCUT2D eigenvalue weighted by molar-refractivity contribution is 0.601. The summed E-state index contributed by atoms with van der Waals surface area (Å²) in [6, 6.07) is 1.62. The summed E-state index contributed by atoms with van der Waals surface area (Å²) in [5.74, 6) is 0. The third kappa shape index (κ3) is 2.77. The van der Waals surface area contributed by atoms with Gasteiger partial charge in [0.15, 0.2) is 5.13 Å². The van der Waals surface area contributed by atoms with Gasteiger partial charge < -0.3 is 5.32 Å². The number of anilines is 2. The first kappa shape index (κ1) is 12.8. The number of aromatic nitrogens is 2. The molecule has 0 saturated heterocycles. The zero-order valence-electron chi connectivity index (χ0n) is 9.62. The summed E-state index contributed by atoms with van der Waals surface area (Å²) >= 11 is 1.22. The lowest BCUT2D eigenvalue weighted by Crippen LogP contribution is -2.15. The van der Waals surface area contributed by atoms with Crippen molar-refractivity contribution in [3.63, 3.8) is 0 Å². The third-order valence-corrected chi connectivity index (χ3v) is 4.28. The molecule has 0 aromatic carbocycles. The van der Waals surface area contributed by atoms with Crippen LogP contribution in [0.15, 0.2) is 34.9 Å². The van der Waals surface area contributed by atoms with Crippen LogP contribution < -0.4 is 10.0 Å². The summed E-state index contributed by atoms with van der Waals surface area (Å²) < 4.78 is 26.8. The standard InChI is InChI=1S/C10H12N4O2S2/c1-2-12-8-3-4-11-7-9(8)18(15,16)14-10-13-5-6-17-10/h3-7H,2H2,1H3,(H,11,12)(H,13,14). The number of nitrogens with zero attached hydrogens (tertiary/aromatic N) is 2. The fourth-order valence-corrected chi connectivity index (χ4v) is 3.29. The largest absolute Gasteiger partial charge is 0.384 e. The molecular formula is C10H12N4O2S2. The highest BCUT2D eigenvalue weighted by molar-refractivity contribution is 7.93. The second-order valence-electron chi connectivity index (χ2n) is 3.34. The van der Waals surface area contributed by atoms with Gasteiger partial charge in [0.2, 0.25) is 0 Å². The third-order valence-electron chi connectivity index (χ3n) is 2.10. The predicted octanol–water partition coefficient (Wildman–Crippen LogP) is 1.77. The molecule has 2 aromatic heterocycles. The van der Waals surface area contributed by atoms with Gasteiger partial charge in [-0.25, -0.2) is 13.4 Å². The first-order valence-corrected chi connectivity index (χ1v) is 7.60. The number of hydrogen-bond donors (Lipinski definition) is 2. The Balaban J connectivity index is 2.35. The summed E-state index contributed by atoms with van der Waals surface area (Å²) in [7, 11) is -3.66. The molecule has 0 fully saturated rings. The Morgan fingerprint density at radius 3 is 2.89 bits per heavy atom. The van der Waals surface area contributed by atoms with Crippen molar-refractivity contribution in [3.05, 3.63) is 30.0 Å². The van der Waals surface area contributed by atoms with Crippen LogP contribution in [0.5, 0.6) is 0 Å². The maximum absolute atomic E-state index is 12.2. The quantitative estimate of drug-likeness (QED) is 0.874. The van der Waals surface area contributed by atoms with Gasteiger partial charge in [-0.1, -0.05) is 0 Å². The second kappa shape index (κ2) is 5.32. The molecule has 0 aliphatic rings. The SMILES string of the molecule is CCNc1ccncc1S(=O)(=O)Nc1nccs1. The topological polar surface area (TPSA) is 84.0 Å². The minimum Gasteiger partial charge on any atom is -0.384 e. The average molecular weight is 284 g/mol. The van der Waals surface area contributed by atoms with Crippen molar-refractivity contribution >= 4 is 32.2 Å². The first-order valence-electron chi connectivity index (χ1n) is 5.23. The van der Waals surface area contributed by atoms with Gasteiger partial charge in [-0.2, -0.15) is 0 Å². The summed E-state index contributed by atoms with van der Waals surface area (Å²) in [5, 5.41) is 5.02. The van der Waals surface area contributed by atoms with Gasteiger partial charge in [0, 0.05) is 30.5 Å². The van der Waals surface area contributed by atoms with Crippen molar-refractivity contribution < 1.29 is 8.42 Å². The Kier molecular flexibility index (Phi) is 3.78. The van der Waals surface area contributed by atoms with Crippen LogP contribution >= 0.6 is 11.3 Å². The molecule has 0 aliphatic carbocycles. The van der Waals surface area contributed by atoms with Crippen LogP contribution in [0.1, 0.15) is 6.92 Å². The zero-order valence-corrected chi connectivity index (χ0v) is 11.3. The van der Waals surface area contributed by atoms with Crippen LogP contribution in [0.4, 0.5) is 10.8 Å². The Labute approximate surface area is 109 Å². The van der Waals surface area contributed by atoms with Crippen molar-refractivity contribution in [1.29, 1.82) is 0 Å². The fourth-order valence-electron chi connectivity index (χ4n) is 1.37. The van der Waals surface area contributed by atoms with Gasteiger partial charge in [0.1, 0.15) is 4.90 Å². The second-order valence-corrected chi connectivity index (χ2v) is 5.89. The van der Waals surface area contributed by atoms with E-state index in [0.717, 1.165) is 0 Å². The van der Waals surface area contributed by atoms with Crippen molar-refractivity contribution in [2.75, 3.05) is 16.6 Å². The van der Waals surface area contributed by atoms with Gasteiger partial charge in [-0.15, -0.1) is 11.3 Å². The van der Waals surface area contributed by atoms with Crippen molar-refractivity contribution in [2.45, 2.75) is 11.8 Å². The van der Waals surface area contributed by atoms with Gasteiger partial charge >= 0.3 is 0 Å². The summed E-state index contributed by atoms with van der Waals surface area (Å²) in [5.41, 5.74) is 0.525. The number of pyridine rings is 1. The molecule has 0 unspecified atom stereocenters. The lowest BCUT2D eigenvalue weighted by Gasteiger charge is -2.10. The highest BCUT2D eigenvalue weighted by atomic mass is 32.2. The average Bonchev–Trinajstić information content (AvgIpc) is 2.82. The molecule has 0 spiro atoms. The van der Waals surface area contributed by atoms with Crippen molar-refractivity contribution in [3.8, 4) is 0 Å². The maximum Gasteiger partial charge on any atom is 0.267 e. The van der Waals surface area contributed by atoms with Crippen molar-refractivity contribution in [2.24, 2.45) is 0 Å². The monoisotopic (exact) mass is 284 g/mol. The Bertz CT molecular complexity index is 611. The van der Waals surface area contributed by atoms with Crippen LogP contribution in [0.3, 0.4) is 0 Å². The smallest absolute Gasteiger partial charge is 0.267 e. The molecule has 0 radical (unpaired) electrons. The molecule has 0 bridgehead atoms. The highest BCUT2D eigenvalue weighted by Crippen LogP contribution is 2.23. The van der Waals surface area contributed by atoms with Gasteiger partial charge in [0.05, 0.1) is 5.69 Å². The molecular weight excluding hydrogens is 272 g/mol. The number of rotatable bonds is 5. The van der Waals surface area contributed by atoms with E-state index in [-0.39, 0.29) is 4.90 Å². The first-order chi connectivity index (χ1) is 8.63. The summed E-state index contributed by atoms with van der Waals surface area (Å²) in [6.07, 6.45) is 4.39. The van der Waals surface area contributed by atoms with E-state index < -0.39 is 10.0 Å². The Hall–Kier alpha value is -1.67. The van der Waals surface area contributed by atoms with Crippen molar-refractivity contribution in [1.82, 2.24) is 9.97 Å². The summed E-state index contributed by atoms with van der Waals surface area (Å²) in [6.45, 7) is 2.52. The fraction of sp³-hybridized carbons (Fsp3) is 0.200. The van der Waals surface area contributed by atoms with Crippen LogP contribution in [-0.4, -0.2) is 24.9 Å². The van der Waals surface area contributed by atoms with E-state index in [1.165, 1.54) is 23.7 Å². The number of sulfonamides is 1. The van der Waals surface area contributed by atoms with Crippen LogP contribution in [0, 0.1) is 0 Å². The molecule has 8 heteroatoms. The molecule has 0 atom stereocenters. The lowest BCUT2D eigenvalue weighted by atomic mass is 10.4. The summed E-state index contributed by atoms with van der Waals surface area (Å²) in [4.78, 5) is 7.85. The normalized spacial score (nSPS) is 11.2. The minimum atomic E-state index is -3.66. The van der Waals surface area contributed by atoms with E-state index in [1.807, 2.05) is 6.92 Å². The van der Waals surface area contributed by atoms with E-state index in [1.54, 1.807) is 17.6 Å². The van der Waals surface area contributed by atoms with Gasteiger partial charge in [-0.05, 0) is 13.0 Å². The van der Waals surface area contributed by atoms with Crippen LogP contribution in [-0.2, 0) is 10.0 Å². The molecule has 2 heterocycles. The minimum absolute atomic E-state index is 0.113. The van der Waals surface area contributed by atoms with E-state index in [0.29, 0.717) is 17.4 Å². The van der Waals surface area contributed by atoms with E-state index in [4.69, 9.17) is 0 Å². The van der Waals surface area contributed by atoms with Crippen LogP contribution in [0.2, 0.25) is 0 Å². The zero-order chi connectivity index (χ0) is 13.0. The molecule has 96 valence electrons. The molecule has 0 amide bonds. The highest BCUT2D eigenvalue weighted by Gasteiger charge is 2.19. The Morgan fingerprint density at radius 2 is 2.22 bits per heavy atom. The van der Waals surface area contributed by atoms with E-state index >= 15 is 0 Å². The molecule has 0 aliphatic heterocycles. The van der Waals surface area contributed by atoms with E-state index in [2.05, 4.69) is 20.0 Å². The number of hydrogen-bond acceptors (Lipinski definition) is 6. The van der Waals surface area contributed by atoms with Crippen LogP contribution in [0.25, 0.3) is 0 Å². The molecule has 6 nitrogen and oxygen atoms in total. The molecule has 18 heavy (non-hydrogen) atoms. The molecule has 0 saturated carbocycles. The number of thiazole rings is 1. The molecule has 2 aromatic rings. The van der Waals surface area contributed by atoms with Gasteiger partial charge in [-0.3, -0.25) is 9.71 Å². The molecule has 2 rings (SSSR count). The Morgan fingerprint density at radius 1 is 1.39 bits per heavy atom. The molecule has 2 N–H and O–H groups in total. The maximum atomic E-state index is 12.2. The van der Waals surface area contributed by atoms with Gasteiger partial charge in [0.25, 0.3) is 10.0 Å². The number of nitrogens with one attached hydrogen (secondary N) is 2. The van der Waals surface area contributed by atoms with E-state index in [9.17, 15) is 8.42 Å². The predicted molar refractivity (Wildman–Crippen MR) is 71.3 cm³/mol.